The lowest BCUT2D eigenvalue weighted by molar-refractivity contribution is -0.119. The summed E-state index contributed by atoms with van der Waals surface area (Å²) in [6.45, 7) is 3.43. The van der Waals surface area contributed by atoms with Gasteiger partial charge in [0.15, 0.2) is 6.61 Å². The van der Waals surface area contributed by atoms with Crippen LogP contribution in [0.1, 0.15) is 23.0 Å². The number of ether oxygens (including phenoxy) is 1. The molecule has 9 heteroatoms. The molecule has 0 aliphatic carbocycles. The lowest BCUT2D eigenvalue weighted by atomic mass is 10.2. The van der Waals surface area contributed by atoms with E-state index in [1.165, 1.54) is 12.1 Å². The first kappa shape index (κ1) is 20.8. The van der Waals surface area contributed by atoms with Gasteiger partial charge in [-0.25, -0.2) is 9.78 Å². The Balaban J connectivity index is 1.74. The van der Waals surface area contributed by atoms with E-state index in [-0.39, 0.29) is 26.9 Å². The molecule has 29 heavy (non-hydrogen) atoms. The zero-order valence-corrected chi connectivity index (χ0v) is 17.2. The molecule has 1 aromatic heterocycles. The summed E-state index contributed by atoms with van der Waals surface area (Å²) in [6, 6.07) is 9.49. The van der Waals surface area contributed by atoms with Crippen LogP contribution in [-0.4, -0.2) is 28.0 Å². The molecule has 1 N–H and O–H groups in total. The Morgan fingerprint density at radius 3 is 2.52 bits per heavy atom. The number of esters is 1. The van der Waals surface area contributed by atoms with Crippen molar-refractivity contribution in [3.8, 4) is 0 Å². The third kappa shape index (κ3) is 4.41. The smallest absolute Gasteiger partial charge is 0.338 e. The van der Waals surface area contributed by atoms with Crippen LogP contribution in [0.5, 0.6) is 0 Å². The second kappa shape index (κ2) is 8.63. The van der Waals surface area contributed by atoms with Crippen LogP contribution in [0.25, 0.3) is 11.0 Å². The Morgan fingerprint density at radius 2 is 1.86 bits per heavy atom. The van der Waals surface area contributed by atoms with Crippen LogP contribution in [0.4, 0.5) is 5.69 Å². The van der Waals surface area contributed by atoms with E-state index < -0.39 is 18.5 Å². The number of nitrogens with zero attached hydrogens (tertiary/aromatic N) is 2. The molecule has 0 atom stereocenters. The Labute approximate surface area is 176 Å². The molecule has 2 aromatic carbocycles. The van der Waals surface area contributed by atoms with Crippen LogP contribution in [0.3, 0.4) is 0 Å². The number of benzene rings is 2. The molecule has 0 spiro atoms. The molecule has 1 heterocycles. The van der Waals surface area contributed by atoms with Crippen LogP contribution >= 0.6 is 23.2 Å². The summed E-state index contributed by atoms with van der Waals surface area (Å²) in [5.41, 5.74) is 1.73. The number of halogens is 2. The molecule has 0 unspecified atom stereocenters. The first-order chi connectivity index (χ1) is 13.8. The summed E-state index contributed by atoms with van der Waals surface area (Å²) in [7, 11) is 0. The fourth-order valence-corrected chi connectivity index (χ4v) is 3.31. The minimum absolute atomic E-state index is 0.176. The number of amides is 1. The van der Waals surface area contributed by atoms with Crippen molar-refractivity contribution in [2.45, 2.75) is 20.4 Å². The van der Waals surface area contributed by atoms with Gasteiger partial charge in [-0.1, -0.05) is 29.3 Å². The van der Waals surface area contributed by atoms with Crippen LogP contribution in [0.15, 0.2) is 41.2 Å². The average Bonchev–Trinajstić information content (AvgIpc) is 2.69. The number of hydrogen-bond acceptors (Lipinski definition) is 5. The summed E-state index contributed by atoms with van der Waals surface area (Å²) in [4.78, 5) is 40.8. The predicted molar refractivity (Wildman–Crippen MR) is 112 cm³/mol. The monoisotopic (exact) mass is 433 g/mol. The number of anilines is 1. The second-order valence-electron chi connectivity index (χ2n) is 6.17. The molecule has 3 aromatic rings. The van der Waals surface area contributed by atoms with E-state index in [1.807, 2.05) is 6.92 Å². The van der Waals surface area contributed by atoms with Gasteiger partial charge in [0.2, 0.25) is 0 Å². The van der Waals surface area contributed by atoms with Gasteiger partial charge in [0.05, 0.1) is 32.3 Å². The Bertz CT molecular complexity index is 1150. The van der Waals surface area contributed by atoms with E-state index in [4.69, 9.17) is 27.9 Å². The Morgan fingerprint density at radius 1 is 1.17 bits per heavy atom. The van der Waals surface area contributed by atoms with Crippen molar-refractivity contribution in [2.24, 2.45) is 0 Å². The highest BCUT2D eigenvalue weighted by Gasteiger charge is 2.15. The Kier molecular flexibility index (Phi) is 6.20. The molecule has 0 radical (unpaired) electrons. The third-order valence-electron chi connectivity index (χ3n) is 4.22. The van der Waals surface area contributed by atoms with Gasteiger partial charge in [0, 0.05) is 6.54 Å². The topological polar surface area (TPSA) is 90.3 Å². The fraction of sp³-hybridized carbons (Fsp3) is 0.200. The highest BCUT2D eigenvalue weighted by molar-refractivity contribution is 6.39. The first-order valence-electron chi connectivity index (χ1n) is 8.74. The summed E-state index contributed by atoms with van der Waals surface area (Å²) in [6.07, 6.45) is 0. The van der Waals surface area contributed by atoms with Gasteiger partial charge in [-0.3, -0.25) is 9.59 Å². The normalized spacial score (nSPS) is 10.8. The number of hydrogen-bond donors (Lipinski definition) is 1. The molecule has 0 fully saturated rings. The molecule has 0 bridgehead atoms. The number of rotatable bonds is 5. The lowest BCUT2D eigenvalue weighted by Gasteiger charge is -2.11. The van der Waals surface area contributed by atoms with Gasteiger partial charge in [-0.15, -0.1) is 0 Å². The van der Waals surface area contributed by atoms with Crippen LogP contribution < -0.4 is 10.9 Å². The highest BCUT2D eigenvalue weighted by Crippen LogP contribution is 2.29. The minimum atomic E-state index is -0.694. The minimum Gasteiger partial charge on any atom is -0.452 e. The van der Waals surface area contributed by atoms with Gasteiger partial charge >= 0.3 is 5.97 Å². The summed E-state index contributed by atoms with van der Waals surface area (Å²) in [5.74, 6) is -1.27. The molecule has 3 rings (SSSR count). The molecular formula is C20H17Cl2N3O4. The number of para-hydroxylation sites is 1. The first-order valence-corrected chi connectivity index (χ1v) is 9.49. The molecule has 150 valence electrons. The number of carbonyl (C=O) groups excluding carboxylic acids is 2. The van der Waals surface area contributed by atoms with E-state index >= 15 is 0 Å². The van der Waals surface area contributed by atoms with Crippen LogP contribution in [-0.2, 0) is 16.1 Å². The summed E-state index contributed by atoms with van der Waals surface area (Å²) < 4.78 is 6.64. The quantitative estimate of drug-likeness (QED) is 0.617. The fourth-order valence-electron chi connectivity index (χ4n) is 2.82. The summed E-state index contributed by atoms with van der Waals surface area (Å²) >= 11 is 12.0. The van der Waals surface area contributed by atoms with Gasteiger partial charge in [-0.05, 0) is 44.2 Å². The standard InChI is InChI=1S/C20H17Cl2N3O4/c1-3-25-16-8-7-12(9-15(16)23-11(2)19(25)27)20(28)29-10-17(26)24-18-13(21)5-4-6-14(18)22/h4-9H,3,10H2,1-2H3,(H,24,26). The molecule has 0 saturated carbocycles. The van der Waals surface area contributed by atoms with Gasteiger partial charge in [-0.2, -0.15) is 0 Å². The van der Waals surface area contributed by atoms with Gasteiger partial charge in [0.1, 0.15) is 5.69 Å². The number of carbonyl (C=O) groups is 2. The van der Waals surface area contributed by atoms with Crippen LogP contribution in [0.2, 0.25) is 10.0 Å². The van der Waals surface area contributed by atoms with Crippen molar-refractivity contribution < 1.29 is 14.3 Å². The van der Waals surface area contributed by atoms with E-state index in [1.54, 1.807) is 35.8 Å². The zero-order chi connectivity index (χ0) is 21.1. The zero-order valence-electron chi connectivity index (χ0n) is 15.7. The van der Waals surface area contributed by atoms with Crippen molar-refractivity contribution >= 4 is 51.8 Å². The molecule has 0 aliphatic rings. The third-order valence-corrected chi connectivity index (χ3v) is 4.85. The van der Waals surface area contributed by atoms with Crippen molar-refractivity contribution in [1.82, 2.24) is 9.55 Å². The number of fused-ring (bicyclic) bond motifs is 1. The highest BCUT2D eigenvalue weighted by atomic mass is 35.5. The summed E-state index contributed by atoms with van der Waals surface area (Å²) in [5, 5.41) is 3.06. The van der Waals surface area contributed by atoms with Crippen molar-refractivity contribution in [1.29, 1.82) is 0 Å². The van der Waals surface area contributed by atoms with Crippen molar-refractivity contribution in [3.05, 3.63) is 68.1 Å². The maximum Gasteiger partial charge on any atom is 0.338 e. The van der Waals surface area contributed by atoms with Crippen molar-refractivity contribution in [2.75, 3.05) is 11.9 Å². The van der Waals surface area contributed by atoms with E-state index in [0.29, 0.717) is 23.3 Å². The average molecular weight is 434 g/mol. The molecule has 0 saturated heterocycles. The number of aryl methyl sites for hydroxylation is 2. The largest absolute Gasteiger partial charge is 0.452 e. The molecule has 7 nitrogen and oxygen atoms in total. The molecule has 0 aliphatic heterocycles. The number of nitrogens with one attached hydrogen (secondary N) is 1. The number of aromatic nitrogens is 2. The van der Waals surface area contributed by atoms with Gasteiger partial charge < -0.3 is 14.6 Å². The molecule has 1 amide bonds. The van der Waals surface area contributed by atoms with E-state index in [0.717, 1.165) is 0 Å². The maximum absolute atomic E-state index is 12.3. The molecular weight excluding hydrogens is 417 g/mol. The van der Waals surface area contributed by atoms with Crippen LogP contribution in [0, 0.1) is 6.92 Å². The maximum atomic E-state index is 12.3. The van der Waals surface area contributed by atoms with Gasteiger partial charge in [0.25, 0.3) is 11.5 Å². The van der Waals surface area contributed by atoms with Crippen molar-refractivity contribution in [3.63, 3.8) is 0 Å². The SMILES string of the molecule is CCn1c(=O)c(C)nc2cc(C(=O)OCC(=O)Nc3c(Cl)cccc3Cl)ccc21. The Hall–Kier alpha value is -2.90. The second-order valence-corrected chi connectivity index (χ2v) is 6.99. The van der Waals surface area contributed by atoms with E-state index in [9.17, 15) is 14.4 Å². The predicted octanol–water partition coefficient (Wildman–Crippen LogP) is 3.83. The lowest BCUT2D eigenvalue weighted by Crippen LogP contribution is -2.23. The van der Waals surface area contributed by atoms with E-state index in [2.05, 4.69) is 10.3 Å².